The van der Waals surface area contributed by atoms with Gasteiger partial charge in [0.25, 0.3) is 0 Å². The van der Waals surface area contributed by atoms with Gasteiger partial charge in [-0.25, -0.2) is 4.79 Å². The fourth-order valence-corrected chi connectivity index (χ4v) is 3.37. The Kier molecular flexibility index (Phi) is 7.03. The summed E-state index contributed by atoms with van der Waals surface area (Å²) in [5.41, 5.74) is 1.12. The van der Waals surface area contributed by atoms with E-state index in [9.17, 15) is 9.59 Å². The fraction of sp³-hybridized carbons (Fsp3) is 0.364. The van der Waals surface area contributed by atoms with E-state index in [1.165, 1.54) is 7.11 Å². The molecule has 1 N–H and O–H groups in total. The maximum atomic E-state index is 12.4. The molecule has 1 heterocycles. The topological polar surface area (TPSA) is 67.9 Å². The number of benzene rings is 2. The third-order valence-electron chi connectivity index (χ3n) is 4.79. The number of hydrogen-bond donors (Lipinski definition) is 1. The molecule has 1 amide bonds. The molecule has 1 saturated heterocycles. The molecule has 1 aliphatic rings. The van der Waals surface area contributed by atoms with Crippen LogP contribution in [-0.2, 0) is 9.53 Å². The lowest BCUT2D eigenvalue weighted by molar-refractivity contribution is -0.117. The molecule has 2 aromatic rings. The number of ether oxygens (including phenoxy) is 2. The van der Waals surface area contributed by atoms with Crippen molar-refractivity contribution in [3.05, 3.63) is 60.2 Å². The molecule has 1 aliphatic heterocycles. The first-order valence-electron chi connectivity index (χ1n) is 9.52. The normalized spacial score (nSPS) is 17.0. The Bertz CT molecular complexity index is 777. The number of amides is 1. The van der Waals surface area contributed by atoms with Crippen molar-refractivity contribution in [3.63, 3.8) is 0 Å². The first kappa shape index (κ1) is 19.9. The highest BCUT2D eigenvalue weighted by molar-refractivity contribution is 5.93. The van der Waals surface area contributed by atoms with E-state index in [1.54, 1.807) is 24.3 Å². The minimum atomic E-state index is -0.394. The van der Waals surface area contributed by atoms with Gasteiger partial charge in [0.1, 0.15) is 5.75 Å². The van der Waals surface area contributed by atoms with Crippen LogP contribution in [0.4, 0.5) is 5.69 Å². The summed E-state index contributed by atoms with van der Waals surface area (Å²) < 4.78 is 10.5. The van der Waals surface area contributed by atoms with Gasteiger partial charge in [-0.2, -0.15) is 0 Å². The molecule has 148 valence electrons. The van der Waals surface area contributed by atoms with Gasteiger partial charge in [0.2, 0.25) is 5.91 Å². The van der Waals surface area contributed by atoms with E-state index in [0.29, 0.717) is 30.3 Å². The fourth-order valence-electron chi connectivity index (χ4n) is 3.37. The molecule has 2 aromatic carbocycles. The molecule has 0 radical (unpaired) electrons. The lowest BCUT2D eigenvalue weighted by atomic mass is 9.99. The molecular weight excluding hydrogens is 356 g/mol. The molecule has 0 aromatic heterocycles. The SMILES string of the molecule is COC(=O)c1ccc(NC(=O)CN2CCCC(COc3ccccc3)C2)cc1. The standard InChI is InChI=1S/C22H26N2O4/c1-27-22(26)18-9-11-19(12-10-18)23-21(25)15-24-13-5-6-17(14-24)16-28-20-7-3-2-4-8-20/h2-4,7-12,17H,5-6,13-16H2,1H3,(H,23,25). The monoisotopic (exact) mass is 382 g/mol. The number of carbonyl (C=O) groups is 2. The summed E-state index contributed by atoms with van der Waals surface area (Å²) in [6.07, 6.45) is 2.17. The van der Waals surface area contributed by atoms with Gasteiger partial charge < -0.3 is 14.8 Å². The Balaban J connectivity index is 1.45. The van der Waals surface area contributed by atoms with Gasteiger partial charge in [-0.1, -0.05) is 18.2 Å². The lowest BCUT2D eigenvalue weighted by Gasteiger charge is -2.32. The Labute approximate surface area is 165 Å². The second kappa shape index (κ2) is 9.90. The van der Waals surface area contributed by atoms with Crippen molar-refractivity contribution in [2.75, 3.05) is 38.7 Å². The van der Waals surface area contributed by atoms with Crippen molar-refractivity contribution in [3.8, 4) is 5.75 Å². The molecule has 0 bridgehead atoms. The smallest absolute Gasteiger partial charge is 0.337 e. The lowest BCUT2D eigenvalue weighted by Crippen LogP contribution is -2.42. The zero-order valence-corrected chi connectivity index (χ0v) is 16.1. The zero-order chi connectivity index (χ0) is 19.8. The third kappa shape index (κ3) is 5.82. The predicted octanol–water partition coefficient (Wildman–Crippen LogP) is 3.20. The van der Waals surface area contributed by atoms with Gasteiger partial charge in [0.15, 0.2) is 0 Å². The maximum Gasteiger partial charge on any atom is 0.337 e. The van der Waals surface area contributed by atoms with Gasteiger partial charge in [-0.3, -0.25) is 9.69 Å². The summed E-state index contributed by atoms with van der Waals surface area (Å²) in [5.74, 6) is 0.847. The maximum absolute atomic E-state index is 12.4. The minimum absolute atomic E-state index is 0.0598. The predicted molar refractivity (Wildman–Crippen MR) is 108 cm³/mol. The molecule has 0 saturated carbocycles. The van der Waals surface area contributed by atoms with Crippen LogP contribution in [0.1, 0.15) is 23.2 Å². The number of anilines is 1. The molecule has 6 nitrogen and oxygen atoms in total. The number of nitrogens with one attached hydrogen (secondary N) is 1. The van der Waals surface area contributed by atoms with Crippen molar-refractivity contribution >= 4 is 17.6 Å². The molecule has 1 atom stereocenters. The van der Waals surface area contributed by atoms with Gasteiger partial charge in [-0.05, 0) is 55.8 Å². The van der Waals surface area contributed by atoms with E-state index in [2.05, 4.69) is 15.0 Å². The van der Waals surface area contributed by atoms with E-state index in [-0.39, 0.29) is 5.91 Å². The average Bonchev–Trinajstić information content (AvgIpc) is 2.73. The molecule has 6 heteroatoms. The highest BCUT2D eigenvalue weighted by Crippen LogP contribution is 2.19. The molecule has 0 spiro atoms. The van der Waals surface area contributed by atoms with Crippen LogP contribution in [0.15, 0.2) is 54.6 Å². The van der Waals surface area contributed by atoms with Crippen molar-refractivity contribution in [1.29, 1.82) is 0 Å². The Hall–Kier alpha value is -2.86. The number of hydrogen-bond acceptors (Lipinski definition) is 5. The quantitative estimate of drug-likeness (QED) is 0.745. The number of likely N-dealkylation sites (tertiary alicyclic amines) is 1. The van der Waals surface area contributed by atoms with Gasteiger partial charge in [0.05, 0.1) is 25.8 Å². The summed E-state index contributed by atoms with van der Waals surface area (Å²) in [7, 11) is 1.34. The second-order valence-electron chi connectivity index (χ2n) is 6.98. The van der Waals surface area contributed by atoms with Gasteiger partial charge in [-0.15, -0.1) is 0 Å². The summed E-state index contributed by atoms with van der Waals surface area (Å²) in [6.45, 7) is 2.77. The van der Waals surface area contributed by atoms with Crippen molar-refractivity contribution < 1.29 is 19.1 Å². The molecule has 0 aliphatic carbocycles. The highest BCUT2D eigenvalue weighted by Gasteiger charge is 2.22. The summed E-state index contributed by atoms with van der Waals surface area (Å²) in [4.78, 5) is 26.0. The molecule has 1 fully saturated rings. The molecular formula is C22H26N2O4. The Morgan fingerprint density at radius 2 is 1.86 bits per heavy atom. The average molecular weight is 382 g/mol. The van der Waals surface area contributed by atoms with Gasteiger partial charge >= 0.3 is 5.97 Å². The largest absolute Gasteiger partial charge is 0.493 e. The van der Waals surface area contributed by atoms with E-state index >= 15 is 0 Å². The summed E-state index contributed by atoms with van der Waals surface area (Å²) >= 11 is 0. The van der Waals surface area contributed by atoms with E-state index < -0.39 is 5.97 Å². The zero-order valence-electron chi connectivity index (χ0n) is 16.1. The van der Waals surface area contributed by atoms with Crippen LogP contribution < -0.4 is 10.1 Å². The van der Waals surface area contributed by atoms with Crippen LogP contribution in [0.25, 0.3) is 0 Å². The number of nitrogens with zero attached hydrogens (tertiary/aromatic N) is 1. The van der Waals surface area contributed by atoms with E-state index in [4.69, 9.17) is 4.74 Å². The summed E-state index contributed by atoms with van der Waals surface area (Å²) in [5, 5.41) is 2.88. The van der Waals surface area contributed by atoms with Gasteiger partial charge in [0, 0.05) is 18.2 Å². The first-order chi connectivity index (χ1) is 13.6. The van der Waals surface area contributed by atoms with Crippen LogP contribution in [0.3, 0.4) is 0 Å². The number of esters is 1. The molecule has 3 rings (SSSR count). The van der Waals surface area contributed by atoms with Crippen molar-refractivity contribution in [2.45, 2.75) is 12.8 Å². The van der Waals surface area contributed by atoms with E-state index in [1.807, 2.05) is 30.3 Å². The first-order valence-corrected chi connectivity index (χ1v) is 9.52. The van der Waals surface area contributed by atoms with Crippen molar-refractivity contribution in [1.82, 2.24) is 4.90 Å². The second-order valence-corrected chi connectivity index (χ2v) is 6.98. The minimum Gasteiger partial charge on any atom is -0.493 e. The number of carbonyl (C=O) groups excluding carboxylic acids is 2. The van der Waals surface area contributed by atoms with Crippen LogP contribution in [0, 0.1) is 5.92 Å². The van der Waals surface area contributed by atoms with Crippen LogP contribution in [-0.4, -0.2) is 50.1 Å². The molecule has 1 unspecified atom stereocenters. The Morgan fingerprint density at radius 1 is 1.11 bits per heavy atom. The summed E-state index contributed by atoms with van der Waals surface area (Å²) in [6, 6.07) is 16.5. The van der Waals surface area contributed by atoms with Crippen LogP contribution in [0.2, 0.25) is 0 Å². The van der Waals surface area contributed by atoms with Crippen LogP contribution >= 0.6 is 0 Å². The van der Waals surface area contributed by atoms with Crippen molar-refractivity contribution in [2.24, 2.45) is 5.92 Å². The number of rotatable bonds is 7. The molecule has 28 heavy (non-hydrogen) atoms. The number of methoxy groups -OCH3 is 1. The van der Waals surface area contributed by atoms with E-state index in [0.717, 1.165) is 31.7 Å². The third-order valence-corrected chi connectivity index (χ3v) is 4.79. The number of para-hydroxylation sites is 1. The Morgan fingerprint density at radius 3 is 2.57 bits per heavy atom. The number of piperidine rings is 1. The van der Waals surface area contributed by atoms with Crippen LogP contribution in [0.5, 0.6) is 5.75 Å². The highest BCUT2D eigenvalue weighted by atomic mass is 16.5.